The van der Waals surface area contributed by atoms with Crippen molar-refractivity contribution in [1.29, 1.82) is 0 Å². The molecule has 1 aliphatic heterocycles. The van der Waals surface area contributed by atoms with E-state index in [4.69, 9.17) is 0 Å². The Balaban J connectivity index is 1.84. The van der Waals surface area contributed by atoms with Crippen molar-refractivity contribution in [2.45, 2.75) is 45.1 Å². The fraction of sp³-hybridized carbons (Fsp3) is 0.647. The molecule has 110 valence electrons. The van der Waals surface area contributed by atoms with Gasteiger partial charge in [0.2, 0.25) is 0 Å². The molecule has 0 aromatic heterocycles. The number of halogens is 1. The molecule has 2 aliphatic rings. The van der Waals surface area contributed by atoms with Gasteiger partial charge in [-0.15, -0.1) is 0 Å². The van der Waals surface area contributed by atoms with Crippen LogP contribution in [0.5, 0.6) is 0 Å². The Morgan fingerprint density at radius 3 is 2.70 bits per heavy atom. The lowest BCUT2D eigenvalue weighted by atomic mass is 9.75. The standard InChI is InChI=1S/C17H24FNO/c1-12(20)17-15(18)7-4-8-16(17)19-10-9-13-5-2-3-6-14(13)11-19/h4,7-8,12-14,20H,2-3,5-6,9-11H2,1H3. The monoisotopic (exact) mass is 277 g/mol. The van der Waals surface area contributed by atoms with Crippen LogP contribution in [0.2, 0.25) is 0 Å². The lowest BCUT2D eigenvalue weighted by Gasteiger charge is -2.43. The van der Waals surface area contributed by atoms with Crippen molar-refractivity contribution < 1.29 is 9.50 Å². The molecule has 0 radical (unpaired) electrons. The molecule has 2 fully saturated rings. The zero-order valence-corrected chi connectivity index (χ0v) is 12.2. The molecule has 1 heterocycles. The summed E-state index contributed by atoms with van der Waals surface area (Å²) < 4.78 is 14.0. The molecular weight excluding hydrogens is 253 g/mol. The molecule has 0 bridgehead atoms. The van der Waals surface area contributed by atoms with Crippen LogP contribution in [0.15, 0.2) is 18.2 Å². The van der Waals surface area contributed by atoms with Crippen molar-refractivity contribution in [3.63, 3.8) is 0 Å². The Labute approximate surface area is 120 Å². The molecule has 20 heavy (non-hydrogen) atoms. The molecule has 0 amide bonds. The van der Waals surface area contributed by atoms with Crippen LogP contribution in [-0.4, -0.2) is 18.2 Å². The van der Waals surface area contributed by atoms with Crippen LogP contribution in [0.1, 0.15) is 50.7 Å². The summed E-state index contributed by atoms with van der Waals surface area (Å²) in [5.41, 5.74) is 1.35. The van der Waals surface area contributed by atoms with Gasteiger partial charge in [0.15, 0.2) is 0 Å². The third kappa shape index (κ3) is 2.56. The number of aliphatic hydroxyl groups excluding tert-OH is 1. The normalized spacial score (nSPS) is 28.1. The number of hydrogen-bond acceptors (Lipinski definition) is 2. The van der Waals surface area contributed by atoms with Gasteiger partial charge in [-0.25, -0.2) is 4.39 Å². The van der Waals surface area contributed by atoms with Crippen molar-refractivity contribution in [1.82, 2.24) is 0 Å². The average Bonchev–Trinajstić information content (AvgIpc) is 2.46. The zero-order valence-electron chi connectivity index (χ0n) is 12.2. The van der Waals surface area contributed by atoms with Crippen LogP contribution < -0.4 is 4.90 Å². The van der Waals surface area contributed by atoms with Gasteiger partial charge in [-0.1, -0.05) is 25.3 Å². The van der Waals surface area contributed by atoms with Gasteiger partial charge in [0.25, 0.3) is 0 Å². The maximum atomic E-state index is 14.0. The summed E-state index contributed by atoms with van der Waals surface area (Å²) in [5.74, 6) is 1.33. The second-order valence-corrected chi connectivity index (χ2v) is 6.39. The van der Waals surface area contributed by atoms with Crippen molar-refractivity contribution >= 4 is 5.69 Å². The predicted octanol–water partition coefficient (Wildman–Crippen LogP) is 3.90. The molecule has 1 aromatic rings. The summed E-state index contributed by atoms with van der Waals surface area (Å²) in [4.78, 5) is 2.29. The number of benzene rings is 1. The van der Waals surface area contributed by atoms with E-state index in [0.29, 0.717) is 5.56 Å². The van der Waals surface area contributed by atoms with Crippen LogP contribution in [0.4, 0.5) is 10.1 Å². The van der Waals surface area contributed by atoms with Gasteiger partial charge in [0.1, 0.15) is 5.82 Å². The van der Waals surface area contributed by atoms with Gasteiger partial charge in [-0.05, 0) is 43.7 Å². The number of nitrogens with zero attached hydrogens (tertiary/aromatic N) is 1. The summed E-state index contributed by atoms with van der Waals surface area (Å²) in [5, 5.41) is 9.88. The highest BCUT2D eigenvalue weighted by molar-refractivity contribution is 5.55. The van der Waals surface area contributed by atoms with E-state index in [1.165, 1.54) is 38.2 Å². The fourth-order valence-electron chi connectivity index (χ4n) is 4.03. The number of piperidine rings is 1. The smallest absolute Gasteiger partial charge is 0.131 e. The third-order valence-corrected chi connectivity index (χ3v) is 5.08. The largest absolute Gasteiger partial charge is 0.389 e. The Bertz CT molecular complexity index is 474. The van der Waals surface area contributed by atoms with Crippen molar-refractivity contribution in [2.24, 2.45) is 11.8 Å². The van der Waals surface area contributed by atoms with E-state index in [2.05, 4.69) is 4.90 Å². The van der Waals surface area contributed by atoms with E-state index in [9.17, 15) is 9.50 Å². The summed E-state index contributed by atoms with van der Waals surface area (Å²) in [6, 6.07) is 5.15. The number of anilines is 1. The van der Waals surface area contributed by atoms with E-state index in [1.54, 1.807) is 13.0 Å². The van der Waals surface area contributed by atoms with Gasteiger partial charge >= 0.3 is 0 Å². The van der Waals surface area contributed by atoms with Crippen LogP contribution in [-0.2, 0) is 0 Å². The minimum atomic E-state index is -0.754. The second kappa shape index (κ2) is 5.72. The molecule has 3 atom stereocenters. The predicted molar refractivity (Wildman–Crippen MR) is 79.3 cm³/mol. The maximum absolute atomic E-state index is 14.0. The van der Waals surface area contributed by atoms with Crippen LogP contribution in [0.25, 0.3) is 0 Å². The number of aliphatic hydroxyl groups is 1. The molecule has 0 spiro atoms. The van der Waals surface area contributed by atoms with Crippen LogP contribution in [0.3, 0.4) is 0 Å². The summed E-state index contributed by atoms with van der Waals surface area (Å²) >= 11 is 0. The molecule has 1 saturated carbocycles. The minimum Gasteiger partial charge on any atom is -0.389 e. The Hall–Kier alpha value is -1.09. The van der Waals surface area contributed by atoms with E-state index in [1.807, 2.05) is 6.07 Å². The Morgan fingerprint density at radius 1 is 1.20 bits per heavy atom. The minimum absolute atomic E-state index is 0.289. The lowest BCUT2D eigenvalue weighted by molar-refractivity contribution is 0.189. The SMILES string of the molecule is CC(O)c1c(F)cccc1N1CCC2CCCCC2C1. The third-order valence-electron chi connectivity index (χ3n) is 5.08. The molecule has 3 rings (SSSR count). The number of fused-ring (bicyclic) bond motifs is 1. The van der Waals surface area contributed by atoms with E-state index in [-0.39, 0.29) is 5.82 Å². The van der Waals surface area contributed by atoms with Gasteiger partial charge in [0.05, 0.1) is 6.10 Å². The number of hydrogen-bond donors (Lipinski definition) is 1. The highest BCUT2D eigenvalue weighted by Crippen LogP contribution is 2.39. The van der Waals surface area contributed by atoms with E-state index in [0.717, 1.165) is 30.6 Å². The molecule has 3 heteroatoms. The van der Waals surface area contributed by atoms with Gasteiger partial charge in [0, 0.05) is 24.3 Å². The van der Waals surface area contributed by atoms with Crippen LogP contribution in [0, 0.1) is 17.7 Å². The topological polar surface area (TPSA) is 23.5 Å². The molecule has 1 saturated heterocycles. The molecular formula is C17H24FNO. The molecule has 1 N–H and O–H groups in total. The summed E-state index contributed by atoms with van der Waals surface area (Å²) in [7, 11) is 0. The quantitative estimate of drug-likeness (QED) is 0.886. The van der Waals surface area contributed by atoms with Crippen molar-refractivity contribution in [2.75, 3.05) is 18.0 Å². The number of rotatable bonds is 2. The first-order valence-corrected chi connectivity index (χ1v) is 7.88. The fourth-order valence-corrected chi connectivity index (χ4v) is 4.03. The van der Waals surface area contributed by atoms with Crippen molar-refractivity contribution in [3.8, 4) is 0 Å². The molecule has 1 aliphatic carbocycles. The molecule has 3 unspecified atom stereocenters. The summed E-state index contributed by atoms with van der Waals surface area (Å²) in [6.45, 7) is 3.66. The Kier molecular flexibility index (Phi) is 3.97. The van der Waals surface area contributed by atoms with Gasteiger partial charge in [-0.2, -0.15) is 0 Å². The first kappa shape index (κ1) is 13.9. The van der Waals surface area contributed by atoms with Gasteiger partial charge in [-0.3, -0.25) is 0 Å². The highest BCUT2D eigenvalue weighted by atomic mass is 19.1. The Morgan fingerprint density at radius 2 is 1.95 bits per heavy atom. The first-order valence-electron chi connectivity index (χ1n) is 7.88. The summed E-state index contributed by atoms with van der Waals surface area (Å²) in [6.07, 6.45) is 5.84. The van der Waals surface area contributed by atoms with Crippen LogP contribution >= 0.6 is 0 Å². The zero-order chi connectivity index (χ0) is 14.1. The molecule has 1 aromatic carbocycles. The van der Waals surface area contributed by atoms with E-state index >= 15 is 0 Å². The second-order valence-electron chi connectivity index (χ2n) is 6.39. The lowest BCUT2D eigenvalue weighted by Crippen LogP contribution is -2.42. The van der Waals surface area contributed by atoms with E-state index < -0.39 is 6.10 Å². The first-order chi connectivity index (χ1) is 9.66. The molecule has 2 nitrogen and oxygen atoms in total. The van der Waals surface area contributed by atoms with Crippen molar-refractivity contribution in [3.05, 3.63) is 29.6 Å². The van der Waals surface area contributed by atoms with Gasteiger partial charge < -0.3 is 10.0 Å². The maximum Gasteiger partial charge on any atom is 0.131 e. The highest BCUT2D eigenvalue weighted by Gasteiger charge is 2.32. The average molecular weight is 277 g/mol.